The maximum Gasteiger partial charge on any atom is 0.362 e. The summed E-state index contributed by atoms with van der Waals surface area (Å²) in [6, 6.07) is 1.55. The van der Waals surface area contributed by atoms with Crippen LogP contribution in [0.4, 0.5) is 10.7 Å². The van der Waals surface area contributed by atoms with Gasteiger partial charge in [-0.3, -0.25) is 20.0 Å². The molecule has 0 spiro atoms. The Labute approximate surface area is 133 Å². The number of aryl methyl sites for hydroxylation is 1. The molecule has 122 valence electrons. The van der Waals surface area contributed by atoms with Crippen molar-refractivity contribution >= 4 is 33.9 Å². The van der Waals surface area contributed by atoms with Crippen molar-refractivity contribution in [1.82, 2.24) is 10.2 Å². The zero-order valence-corrected chi connectivity index (χ0v) is 13.1. The molecular weight excluding hydrogens is 328 g/mol. The number of aromatic nitrogens is 2. The van der Waals surface area contributed by atoms with Crippen LogP contribution in [-0.4, -0.2) is 41.2 Å². The summed E-state index contributed by atoms with van der Waals surface area (Å²) < 4.78 is 9.36. The molecule has 0 saturated carbocycles. The molecule has 0 aliphatic heterocycles. The topological polar surface area (TPSA) is 136 Å². The van der Waals surface area contributed by atoms with Crippen molar-refractivity contribution in [2.24, 2.45) is 0 Å². The molecule has 0 aliphatic rings. The molecule has 0 bridgehead atoms. The Morgan fingerprint density at radius 3 is 2.70 bits per heavy atom. The van der Waals surface area contributed by atoms with Crippen LogP contribution < -0.4 is 10.1 Å². The smallest absolute Gasteiger partial charge is 0.362 e. The van der Waals surface area contributed by atoms with Gasteiger partial charge in [0.1, 0.15) is 5.00 Å². The van der Waals surface area contributed by atoms with E-state index >= 15 is 0 Å². The molecule has 11 heteroatoms. The summed E-state index contributed by atoms with van der Waals surface area (Å²) in [5.74, 6) is -1.75. The summed E-state index contributed by atoms with van der Waals surface area (Å²) in [5, 5.41) is 19.5. The lowest BCUT2D eigenvalue weighted by Crippen LogP contribution is -2.15. The van der Waals surface area contributed by atoms with E-state index in [0.717, 1.165) is 16.2 Å². The average molecular weight is 340 g/mol. The monoisotopic (exact) mass is 340 g/mol. The van der Waals surface area contributed by atoms with Gasteiger partial charge >= 0.3 is 17.5 Å². The number of ether oxygens (including phenoxy) is 2. The first-order valence-electron chi connectivity index (χ1n) is 6.15. The van der Waals surface area contributed by atoms with Gasteiger partial charge in [0.15, 0.2) is 0 Å². The third-order valence-corrected chi connectivity index (χ3v) is 3.77. The number of thiophene rings is 1. The quantitative estimate of drug-likeness (QED) is 0.480. The van der Waals surface area contributed by atoms with Crippen LogP contribution in [0.2, 0.25) is 0 Å². The molecule has 0 aliphatic carbocycles. The molecular formula is C12H12N4O6S. The van der Waals surface area contributed by atoms with E-state index in [9.17, 15) is 19.7 Å². The summed E-state index contributed by atoms with van der Waals surface area (Å²) in [6.07, 6.45) is 0. The lowest BCUT2D eigenvalue weighted by molar-refractivity contribution is -0.386. The Hall–Kier alpha value is -2.95. The van der Waals surface area contributed by atoms with Crippen LogP contribution in [0.15, 0.2) is 6.07 Å². The third-order valence-electron chi connectivity index (χ3n) is 2.80. The molecule has 2 heterocycles. The van der Waals surface area contributed by atoms with Crippen molar-refractivity contribution in [2.45, 2.75) is 6.92 Å². The summed E-state index contributed by atoms with van der Waals surface area (Å²) >= 11 is 1.14. The molecule has 0 unspecified atom stereocenters. The van der Waals surface area contributed by atoms with E-state index in [1.165, 1.54) is 14.2 Å². The van der Waals surface area contributed by atoms with Gasteiger partial charge in [0, 0.05) is 4.88 Å². The minimum Gasteiger partial charge on any atom is -0.475 e. The molecule has 2 N–H and O–H groups in total. The van der Waals surface area contributed by atoms with Gasteiger partial charge in [-0.15, -0.1) is 16.4 Å². The maximum absolute atomic E-state index is 12.3. The lowest BCUT2D eigenvalue weighted by Gasteiger charge is -2.03. The van der Waals surface area contributed by atoms with Gasteiger partial charge in [0.05, 0.1) is 24.7 Å². The van der Waals surface area contributed by atoms with Crippen LogP contribution in [0.1, 0.15) is 25.7 Å². The fourth-order valence-electron chi connectivity index (χ4n) is 1.82. The molecule has 2 aromatic heterocycles. The summed E-state index contributed by atoms with van der Waals surface area (Å²) in [5.41, 5.74) is -0.802. The van der Waals surface area contributed by atoms with Gasteiger partial charge in [-0.1, -0.05) is 0 Å². The number of carbonyl (C=O) groups is 2. The fourth-order valence-corrected chi connectivity index (χ4v) is 2.72. The average Bonchev–Trinajstić information content (AvgIpc) is 3.09. The minimum atomic E-state index is -0.820. The van der Waals surface area contributed by atoms with E-state index in [1.807, 2.05) is 0 Å². The zero-order chi connectivity index (χ0) is 17.1. The third kappa shape index (κ3) is 3.13. The molecule has 0 fully saturated rings. The Bertz CT molecular complexity index is 781. The number of H-pyrrole nitrogens is 1. The van der Waals surface area contributed by atoms with E-state index < -0.39 is 22.5 Å². The summed E-state index contributed by atoms with van der Waals surface area (Å²) in [7, 11) is 2.41. The standard InChI is InChI=1S/C12H12N4O6S/c1-5-4-6(12(18)22-3)11(23-5)13-9(17)7-8(16(19)20)10(21-2)15-14-7/h4H,1-3H3,(H,13,17)(H,14,15). The van der Waals surface area contributed by atoms with Crippen molar-refractivity contribution in [3.63, 3.8) is 0 Å². The fraction of sp³-hybridized carbons (Fsp3) is 0.250. The number of nitro groups is 1. The lowest BCUT2D eigenvalue weighted by atomic mass is 10.3. The predicted octanol–water partition coefficient (Wildman–Crippen LogP) is 1.74. The molecule has 2 aromatic rings. The van der Waals surface area contributed by atoms with Crippen LogP contribution >= 0.6 is 11.3 Å². The van der Waals surface area contributed by atoms with Crippen LogP contribution in [0.3, 0.4) is 0 Å². The van der Waals surface area contributed by atoms with E-state index in [0.29, 0.717) is 0 Å². The minimum absolute atomic E-state index is 0.164. The number of carbonyl (C=O) groups excluding carboxylic acids is 2. The number of esters is 1. The predicted molar refractivity (Wildman–Crippen MR) is 80.1 cm³/mol. The number of hydrogen-bond acceptors (Lipinski definition) is 8. The number of methoxy groups -OCH3 is 2. The van der Waals surface area contributed by atoms with Crippen LogP contribution in [0.25, 0.3) is 0 Å². The van der Waals surface area contributed by atoms with Crippen LogP contribution in [0.5, 0.6) is 5.88 Å². The van der Waals surface area contributed by atoms with Gasteiger partial charge in [0.2, 0.25) is 5.69 Å². The second-order valence-electron chi connectivity index (χ2n) is 4.26. The molecule has 1 amide bonds. The molecule has 0 radical (unpaired) electrons. The first-order valence-corrected chi connectivity index (χ1v) is 6.97. The van der Waals surface area contributed by atoms with Crippen LogP contribution in [0, 0.1) is 17.0 Å². The molecule has 0 saturated heterocycles. The largest absolute Gasteiger partial charge is 0.475 e. The van der Waals surface area contributed by atoms with Crippen molar-refractivity contribution in [1.29, 1.82) is 0 Å². The Kier molecular flexibility index (Phi) is 4.60. The highest BCUT2D eigenvalue weighted by Gasteiger charge is 2.31. The molecule has 23 heavy (non-hydrogen) atoms. The van der Waals surface area contributed by atoms with Crippen molar-refractivity contribution in [3.8, 4) is 5.88 Å². The number of hydrogen-bond donors (Lipinski definition) is 2. The molecule has 0 aromatic carbocycles. The van der Waals surface area contributed by atoms with E-state index in [4.69, 9.17) is 4.74 Å². The zero-order valence-electron chi connectivity index (χ0n) is 12.3. The SMILES string of the molecule is COC(=O)c1cc(C)sc1NC(=O)c1[nH]nc(OC)c1[N+](=O)[O-]. The molecule has 0 atom stereocenters. The van der Waals surface area contributed by atoms with Crippen molar-refractivity contribution in [3.05, 3.63) is 32.3 Å². The van der Waals surface area contributed by atoms with Crippen molar-refractivity contribution in [2.75, 3.05) is 19.5 Å². The Balaban J connectivity index is 2.36. The second kappa shape index (κ2) is 6.44. The van der Waals surface area contributed by atoms with E-state index in [1.54, 1.807) is 13.0 Å². The summed E-state index contributed by atoms with van der Waals surface area (Å²) in [4.78, 5) is 35.0. The Morgan fingerprint density at radius 2 is 2.13 bits per heavy atom. The normalized spacial score (nSPS) is 10.2. The highest BCUT2D eigenvalue weighted by Crippen LogP contribution is 2.31. The number of nitrogens with one attached hydrogen (secondary N) is 2. The van der Waals surface area contributed by atoms with Gasteiger partial charge in [-0.05, 0) is 13.0 Å². The molecule has 2 rings (SSSR count). The Morgan fingerprint density at radius 1 is 1.43 bits per heavy atom. The maximum atomic E-state index is 12.3. The number of amides is 1. The van der Waals surface area contributed by atoms with Gasteiger partial charge in [-0.25, -0.2) is 4.79 Å². The number of nitrogens with zero attached hydrogens (tertiary/aromatic N) is 2. The second-order valence-corrected chi connectivity index (χ2v) is 5.52. The first-order chi connectivity index (χ1) is 10.9. The summed E-state index contributed by atoms with van der Waals surface area (Å²) in [6.45, 7) is 1.74. The first kappa shape index (κ1) is 16.4. The van der Waals surface area contributed by atoms with Gasteiger partial charge in [0.25, 0.3) is 5.91 Å². The highest BCUT2D eigenvalue weighted by molar-refractivity contribution is 7.16. The number of rotatable bonds is 5. The van der Waals surface area contributed by atoms with E-state index in [-0.39, 0.29) is 22.1 Å². The highest BCUT2D eigenvalue weighted by atomic mass is 32.1. The van der Waals surface area contributed by atoms with Crippen LogP contribution in [-0.2, 0) is 4.74 Å². The van der Waals surface area contributed by atoms with Gasteiger partial charge < -0.3 is 14.8 Å². The van der Waals surface area contributed by atoms with Crippen molar-refractivity contribution < 1.29 is 24.0 Å². The van der Waals surface area contributed by atoms with Gasteiger partial charge in [-0.2, -0.15) is 0 Å². The number of anilines is 1. The molecule has 10 nitrogen and oxygen atoms in total. The number of aromatic amines is 1. The van der Waals surface area contributed by atoms with E-state index in [2.05, 4.69) is 20.3 Å².